The zero-order valence-electron chi connectivity index (χ0n) is 11.8. The van der Waals surface area contributed by atoms with Crippen molar-refractivity contribution in [1.82, 2.24) is 0 Å². The third-order valence-electron chi connectivity index (χ3n) is 4.15. The molecule has 1 saturated carbocycles. The van der Waals surface area contributed by atoms with E-state index >= 15 is 0 Å². The highest BCUT2D eigenvalue weighted by molar-refractivity contribution is 6.20. The Balaban J connectivity index is 2.20. The van der Waals surface area contributed by atoms with E-state index in [4.69, 9.17) is 16.3 Å². The molecule has 17 heavy (non-hydrogen) atoms. The molecular weight excluding hydrogens is 232 g/mol. The number of hydrogen-bond donors (Lipinski definition) is 0. The zero-order chi connectivity index (χ0) is 12.7. The second-order valence-electron chi connectivity index (χ2n) is 5.85. The van der Waals surface area contributed by atoms with Crippen LogP contribution in [0.2, 0.25) is 0 Å². The number of halogens is 1. The Kier molecular flexibility index (Phi) is 7.54. The summed E-state index contributed by atoms with van der Waals surface area (Å²) < 4.78 is 5.66. The Morgan fingerprint density at radius 2 is 2.00 bits per heavy atom. The lowest BCUT2D eigenvalue weighted by atomic mass is 9.75. The number of hydrogen-bond acceptors (Lipinski definition) is 1. The van der Waals surface area contributed by atoms with E-state index in [-0.39, 0.29) is 0 Å². The van der Waals surface area contributed by atoms with E-state index in [1.54, 1.807) is 0 Å². The van der Waals surface area contributed by atoms with Gasteiger partial charge in [0, 0.05) is 18.6 Å². The Bertz CT molecular complexity index is 193. The molecule has 1 rings (SSSR count). The lowest BCUT2D eigenvalue weighted by Gasteiger charge is -2.35. The van der Waals surface area contributed by atoms with Crippen LogP contribution < -0.4 is 0 Å². The van der Waals surface area contributed by atoms with Crippen molar-refractivity contribution in [3.05, 3.63) is 0 Å². The molecule has 3 atom stereocenters. The average Bonchev–Trinajstić information content (AvgIpc) is 2.30. The number of alkyl halides is 1. The molecule has 0 aliphatic heterocycles. The van der Waals surface area contributed by atoms with Gasteiger partial charge in [0.1, 0.15) is 0 Å². The highest BCUT2D eigenvalue weighted by Crippen LogP contribution is 2.38. The van der Waals surface area contributed by atoms with E-state index in [0.29, 0.717) is 11.3 Å². The SMILES string of the molecule is CCCCOCCC1CC(C(C)C)CCC1Cl. The van der Waals surface area contributed by atoms with Gasteiger partial charge in [0.15, 0.2) is 0 Å². The van der Waals surface area contributed by atoms with Crippen molar-refractivity contribution in [2.75, 3.05) is 13.2 Å². The average molecular weight is 261 g/mol. The van der Waals surface area contributed by atoms with Crippen LogP contribution in [-0.2, 0) is 4.74 Å². The molecule has 102 valence electrons. The van der Waals surface area contributed by atoms with Gasteiger partial charge in [-0.05, 0) is 49.9 Å². The van der Waals surface area contributed by atoms with E-state index in [9.17, 15) is 0 Å². The number of ether oxygens (including phenoxy) is 1. The Morgan fingerprint density at radius 3 is 2.65 bits per heavy atom. The van der Waals surface area contributed by atoms with Crippen LogP contribution in [0.4, 0.5) is 0 Å². The van der Waals surface area contributed by atoms with Crippen molar-refractivity contribution >= 4 is 11.6 Å². The zero-order valence-corrected chi connectivity index (χ0v) is 12.5. The molecule has 3 unspecified atom stereocenters. The van der Waals surface area contributed by atoms with Crippen LogP contribution in [-0.4, -0.2) is 18.6 Å². The molecule has 1 aliphatic rings. The van der Waals surface area contributed by atoms with Crippen molar-refractivity contribution in [2.24, 2.45) is 17.8 Å². The van der Waals surface area contributed by atoms with Crippen LogP contribution in [0, 0.1) is 17.8 Å². The summed E-state index contributed by atoms with van der Waals surface area (Å²) in [5.74, 6) is 2.37. The van der Waals surface area contributed by atoms with Gasteiger partial charge in [0.05, 0.1) is 0 Å². The summed E-state index contributed by atoms with van der Waals surface area (Å²) in [6.45, 7) is 8.71. The van der Waals surface area contributed by atoms with Crippen LogP contribution in [0.3, 0.4) is 0 Å². The first kappa shape index (κ1) is 15.3. The Morgan fingerprint density at radius 1 is 1.24 bits per heavy atom. The van der Waals surface area contributed by atoms with Crippen LogP contribution in [0.25, 0.3) is 0 Å². The molecule has 0 aromatic rings. The molecular formula is C15H29ClO. The number of unbranched alkanes of at least 4 members (excludes halogenated alkanes) is 1. The summed E-state index contributed by atoms with van der Waals surface area (Å²) in [6.07, 6.45) is 7.38. The lowest BCUT2D eigenvalue weighted by Crippen LogP contribution is -2.28. The largest absolute Gasteiger partial charge is 0.381 e. The molecule has 1 fully saturated rings. The number of rotatable bonds is 7. The van der Waals surface area contributed by atoms with Gasteiger partial charge in [-0.25, -0.2) is 0 Å². The summed E-state index contributed by atoms with van der Waals surface area (Å²) in [4.78, 5) is 0. The second kappa shape index (κ2) is 8.37. The van der Waals surface area contributed by atoms with Crippen molar-refractivity contribution in [3.63, 3.8) is 0 Å². The summed E-state index contributed by atoms with van der Waals surface area (Å²) >= 11 is 6.44. The second-order valence-corrected chi connectivity index (χ2v) is 6.41. The van der Waals surface area contributed by atoms with E-state index in [2.05, 4.69) is 20.8 Å². The molecule has 0 radical (unpaired) electrons. The van der Waals surface area contributed by atoms with Crippen LogP contribution in [0.1, 0.15) is 59.3 Å². The first-order valence-electron chi connectivity index (χ1n) is 7.37. The fourth-order valence-electron chi connectivity index (χ4n) is 2.75. The van der Waals surface area contributed by atoms with Crippen molar-refractivity contribution in [2.45, 2.75) is 64.7 Å². The van der Waals surface area contributed by atoms with Crippen molar-refractivity contribution < 1.29 is 4.74 Å². The van der Waals surface area contributed by atoms with E-state index in [0.717, 1.165) is 31.5 Å². The van der Waals surface area contributed by atoms with Gasteiger partial charge >= 0.3 is 0 Å². The highest BCUT2D eigenvalue weighted by atomic mass is 35.5. The van der Waals surface area contributed by atoms with Crippen LogP contribution in [0.15, 0.2) is 0 Å². The van der Waals surface area contributed by atoms with Crippen LogP contribution in [0.5, 0.6) is 0 Å². The van der Waals surface area contributed by atoms with Gasteiger partial charge in [0.25, 0.3) is 0 Å². The van der Waals surface area contributed by atoms with Gasteiger partial charge in [-0.15, -0.1) is 11.6 Å². The summed E-state index contributed by atoms with van der Waals surface area (Å²) in [6, 6.07) is 0. The van der Waals surface area contributed by atoms with Gasteiger partial charge < -0.3 is 4.74 Å². The standard InChI is InChI=1S/C15H29ClO/c1-4-5-9-17-10-8-14-11-13(12(2)3)6-7-15(14)16/h12-15H,4-11H2,1-3H3. The molecule has 0 aromatic carbocycles. The maximum atomic E-state index is 6.44. The Hall–Kier alpha value is 0.250. The lowest BCUT2D eigenvalue weighted by molar-refractivity contribution is 0.102. The van der Waals surface area contributed by atoms with Crippen molar-refractivity contribution in [3.8, 4) is 0 Å². The summed E-state index contributed by atoms with van der Waals surface area (Å²) in [5, 5.41) is 0.389. The maximum absolute atomic E-state index is 6.44. The fraction of sp³-hybridized carbons (Fsp3) is 1.00. The van der Waals surface area contributed by atoms with Gasteiger partial charge in [-0.3, -0.25) is 0 Å². The normalized spacial score (nSPS) is 29.8. The van der Waals surface area contributed by atoms with Crippen molar-refractivity contribution in [1.29, 1.82) is 0 Å². The highest BCUT2D eigenvalue weighted by Gasteiger charge is 2.30. The smallest absolute Gasteiger partial charge is 0.0469 e. The molecule has 0 N–H and O–H groups in total. The molecule has 1 nitrogen and oxygen atoms in total. The predicted octanol–water partition coefficient (Wildman–Crippen LogP) is 4.87. The molecule has 0 aromatic heterocycles. The van der Waals surface area contributed by atoms with Gasteiger partial charge in [-0.1, -0.05) is 27.2 Å². The predicted molar refractivity (Wildman–Crippen MR) is 75.7 cm³/mol. The quantitative estimate of drug-likeness (QED) is 0.469. The summed E-state index contributed by atoms with van der Waals surface area (Å²) in [7, 11) is 0. The third-order valence-corrected chi connectivity index (χ3v) is 4.72. The van der Waals surface area contributed by atoms with Crippen LogP contribution >= 0.6 is 11.6 Å². The molecule has 0 heterocycles. The minimum atomic E-state index is 0.389. The topological polar surface area (TPSA) is 9.23 Å². The molecule has 2 heteroatoms. The van der Waals surface area contributed by atoms with Gasteiger partial charge in [-0.2, -0.15) is 0 Å². The van der Waals surface area contributed by atoms with E-state index in [1.165, 1.54) is 32.1 Å². The molecule has 1 aliphatic carbocycles. The van der Waals surface area contributed by atoms with E-state index in [1.807, 2.05) is 0 Å². The molecule has 0 saturated heterocycles. The first-order chi connectivity index (χ1) is 8.15. The molecule has 0 bridgehead atoms. The fourth-order valence-corrected chi connectivity index (χ4v) is 3.11. The van der Waals surface area contributed by atoms with Gasteiger partial charge in [0.2, 0.25) is 0 Å². The maximum Gasteiger partial charge on any atom is 0.0469 e. The van der Waals surface area contributed by atoms with E-state index < -0.39 is 0 Å². The Labute approximate surface area is 112 Å². The monoisotopic (exact) mass is 260 g/mol. The summed E-state index contributed by atoms with van der Waals surface area (Å²) in [5.41, 5.74) is 0. The molecule has 0 spiro atoms. The first-order valence-corrected chi connectivity index (χ1v) is 7.80. The third kappa shape index (κ3) is 5.61. The minimum Gasteiger partial charge on any atom is -0.381 e. The molecule has 0 amide bonds. The minimum absolute atomic E-state index is 0.389.